The number of nitrogens with zero attached hydrogens (tertiary/aromatic N) is 3. The smallest absolute Gasteiger partial charge is 0.279 e. The van der Waals surface area contributed by atoms with Gasteiger partial charge in [0.05, 0.1) is 25.1 Å². The number of aryl methyl sites for hydroxylation is 1. The fraction of sp³-hybridized carbons (Fsp3) is 0.545. The van der Waals surface area contributed by atoms with Crippen molar-refractivity contribution in [1.29, 1.82) is 0 Å². The van der Waals surface area contributed by atoms with Gasteiger partial charge in [0, 0.05) is 19.6 Å². The Labute approximate surface area is 98.8 Å². The minimum atomic E-state index is -0.327. The molecule has 0 N–H and O–H groups in total. The average molecular weight is 237 g/mol. The first-order chi connectivity index (χ1) is 8.27. The van der Waals surface area contributed by atoms with E-state index in [1.807, 2.05) is 11.8 Å². The minimum absolute atomic E-state index is 0.184. The molecule has 1 saturated heterocycles. The molecule has 1 aliphatic rings. The molecule has 92 valence electrons. The monoisotopic (exact) mass is 237 g/mol. The highest BCUT2D eigenvalue weighted by atomic mass is 16.5. The summed E-state index contributed by atoms with van der Waals surface area (Å²) in [4.78, 5) is 24.9. The lowest BCUT2D eigenvalue weighted by molar-refractivity contribution is 0.111. The van der Waals surface area contributed by atoms with Gasteiger partial charge in [-0.25, -0.2) is 4.68 Å². The van der Waals surface area contributed by atoms with Crippen LogP contribution in [0.5, 0.6) is 0 Å². The molecular formula is C11H15N3O3. The summed E-state index contributed by atoms with van der Waals surface area (Å²) in [6, 6.07) is 0. The van der Waals surface area contributed by atoms with Gasteiger partial charge in [-0.1, -0.05) is 0 Å². The van der Waals surface area contributed by atoms with Gasteiger partial charge in [0.1, 0.15) is 5.56 Å². The van der Waals surface area contributed by atoms with Crippen LogP contribution < -0.4 is 10.5 Å². The molecule has 1 fully saturated rings. The van der Waals surface area contributed by atoms with Crippen LogP contribution in [0.1, 0.15) is 17.3 Å². The highest BCUT2D eigenvalue weighted by Gasteiger charge is 2.18. The molecule has 1 aromatic heterocycles. The lowest BCUT2D eigenvalue weighted by Crippen LogP contribution is -2.39. The van der Waals surface area contributed by atoms with Crippen LogP contribution in [-0.4, -0.2) is 42.4 Å². The second-order valence-electron chi connectivity index (χ2n) is 3.78. The standard InChI is InChI=1S/C11H15N3O3/c1-2-14-11(16)9(8-15)10(7-12-14)13-3-5-17-6-4-13/h7-8H,2-6H2,1H3. The number of hydrogen-bond donors (Lipinski definition) is 0. The van der Waals surface area contributed by atoms with Crippen LogP contribution in [0.25, 0.3) is 0 Å². The molecule has 1 aromatic rings. The maximum absolute atomic E-state index is 11.9. The number of carbonyl (C=O) groups is 1. The minimum Gasteiger partial charge on any atom is -0.378 e. The van der Waals surface area contributed by atoms with E-state index in [-0.39, 0.29) is 11.1 Å². The van der Waals surface area contributed by atoms with Crippen LogP contribution >= 0.6 is 0 Å². The summed E-state index contributed by atoms with van der Waals surface area (Å²) >= 11 is 0. The van der Waals surface area contributed by atoms with Gasteiger partial charge < -0.3 is 9.64 Å². The molecule has 1 aliphatic heterocycles. The van der Waals surface area contributed by atoms with E-state index in [1.54, 1.807) is 6.20 Å². The van der Waals surface area contributed by atoms with Crippen molar-refractivity contribution in [2.75, 3.05) is 31.2 Å². The Hall–Kier alpha value is -1.69. The van der Waals surface area contributed by atoms with Crippen molar-refractivity contribution in [2.24, 2.45) is 0 Å². The molecule has 6 heteroatoms. The molecule has 0 saturated carbocycles. The third-order valence-corrected chi connectivity index (χ3v) is 2.83. The van der Waals surface area contributed by atoms with Gasteiger partial charge in [-0.2, -0.15) is 5.10 Å². The van der Waals surface area contributed by atoms with Crippen molar-refractivity contribution in [2.45, 2.75) is 13.5 Å². The zero-order chi connectivity index (χ0) is 12.3. The summed E-state index contributed by atoms with van der Waals surface area (Å²) in [6.07, 6.45) is 2.20. The number of carbonyl (C=O) groups excluding carboxylic acids is 1. The van der Waals surface area contributed by atoms with E-state index >= 15 is 0 Å². The third kappa shape index (κ3) is 2.21. The first-order valence-electron chi connectivity index (χ1n) is 5.66. The van der Waals surface area contributed by atoms with Gasteiger partial charge in [0.2, 0.25) is 0 Å². The normalized spacial score (nSPS) is 15.9. The highest BCUT2D eigenvalue weighted by molar-refractivity contribution is 5.83. The Kier molecular flexibility index (Phi) is 3.53. The lowest BCUT2D eigenvalue weighted by Gasteiger charge is -2.29. The average Bonchev–Trinajstić information content (AvgIpc) is 2.39. The third-order valence-electron chi connectivity index (χ3n) is 2.83. The molecule has 0 bridgehead atoms. The molecule has 0 spiro atoms. The van der Waals surface area contributed by atoms with E-state index in [0.29, 0.717) is 44.8 Å². The molecule has 0 radical (unpaired) electrons. The second-order valence-corrected chi connectivity index (χ2v) is 3.78. The Bertz CT molecular complexity index is 464. The van der Waals surface area contributed by atoms with Crippen LogP contribution in [-0.2, 0) is 11.3 Å². The maximum Gasteiger partial charge on any atom is 0.279 e. The fourth-order valence-corrected chi connectivity index (χ4v) is 1.89. The van der Waals surface area contributed by atoms with E-state index in [0.717, 1.165) is 0 Å². The molecule has 17 heavy (non-hydrogen) atoms. The summed E-state index contributed by atoms with van der Waals surface area (Å²) in [6.45, 7) is 4.85. The van der Waals surface area contributed by atoms with Crippen molar-refractivity contribution in [3.63, 3.8) is 0 Å². The van der Waals surface area contributed by atoms with Gasteiger partial charge in [-0.3, -0.25) is 9.59 Å². The molecule has 2 rings (SSSR count). The van der Waals surface area contributed by atoms with Gasteiger partial charge in [-0.05, 0) is 6.92 Å². The number of aromatic nitrogens is 2. The molecule has 0 amide bonds. The van der Waals surface area contributed by atoms with Gasteiger partial charge in [-0.15, -0.1) is 0 Å². The van der Waals surface area contributed by atoms with Crippen LogP contribution in [0.15, 0.2) is 11.0 Å². The zero-order valence-corrected chi connectivity index (χ0v) is 9.76. The topological polar surface area (TPSA) is 64.4 Å². The summed E-state index contributed by atoms with van der Waals surface area (Å²) < 4.78 is 6.52. The highest BCUT2D eigenvalue weighted by Crippen LogP contribution is 2.15. The number of morpholine rings is 1. The Balaban J connectivity index is 2.43. The summed E-state index contributed by atoms with van der Waals surface area (Å²) in [7, 11) is 0. The molecular weight excluding hydrogens is 222 g/mol. The number of rotatable bonds is 3. The Morgan fingerprint density at radius 2 is 2.18 bits per heavy atom. The predicted molar refractivity (Wildman–Crippen MR) is 62.6 cm³/mol. The van der Waals surface area contributed by atoms with E-state index in [1.165, 1.54) is 4.68 Å². The molecule has 0 aliphatic carbocycles. The van der Waals surface area contributed by atoms with Crippen LogP contribution in [0.2, 0.25) is 0 Å². The van der Waals surface area contributed by atoms with Gasteiger partial charge in [0.25, 0.3) is 5.56 Å². The maximum atomic E-state index is 11.9. The van der Waals surface area contributed by atoms with Crippen LogP contribution in [0, 0.1) is 0 Å². The second kappa shape index (κ2) is 5.09. The van der Waals surface area contributed by atoms with E-state index in [9.17, 15) is 9.59 Å². The largest absolute Gasteiger partial charge is 0.378 e. The van der Waals surface area contributed by atoms with Crippen molar-refractivity contribution < 1.29 is 9.53 Å². The van der Waals surface area contributed by atoms with Crippen LogP contribution in [0.4, 0.5) is 5.69 Å². The number of ether oxygens (including phenoxy) is 1. The first kappa shape index (κ1) is 11.8. The molecule has 0 atom stereocenters. The van der Waals surface area contributed by atoms with E-state index in [4.69, 9.17) is 4.74 Å². The van der Waals surface area contributed by atoms with Gasteiger partial charge >= 0.3 is 0 Å². The molecule has 6 nitrogen and oxygen atoms in total. The number of anilines is 1. The van der Waals surface area contributed by atoms with Crippen molar-refractivity contribution in [3.8, 4) is 0 Å². The number of aldehydes is 1. The fourth-order valence-electron chi connectivity index (χ4n) is 1.89. The summed E-state index contributed by atoms with van der Waals surface area (Å²) in [5.41, 5.74) is 0.466. The Morgan fingerprint density at radius 1 is 1.47 bits per heavy atom. The van der Waals surface area contributed by atoms with Crippen molar-refractivity contribution in [3.05, 3.63) is 22.1 Å². The Morgan fingerprint density at radius 3 is 2.76 bits per heavy atom. The van der Waals surface area contributed by atoms with Crippen molar-refractivity contribution in [1.82, 2.24) is 9.78 Å². The van der Waals surface area contributed by atoms with Gasteiger partial charge in [0.15, 0.2) is 6.29 Å². The van der Waals surface area contributed by atoms with Crippen LogP contribution in [0.3, 0.4) is 0 Å². The molecule has 2 heterocycles. The first-order valence-corrected chi connectivity index (χ1v) is 5.66. The van der Waals surface area contributed by atoms with E-state index < -0.39 is 0 Å². The predicted octanol–water partition coefficient (Wildman–Crippen LogP) is -0.0877. The molecule has 0 aromatic carbocycles. The van der Waals surface area contributed by atoms with Crippen molar-refractivity contribution >= 4 is 12.0 Å². The molecule has 0 unspecified atom stereocenters. The summed E-state index contributed by atoms with van der Waals surface area (Å²) in [5.74, 6) is 0. The summed E-state index contributed by atoms with van der Waals surface area (Å²) in [5, 5.41) is 4.04. The number of hydrogen-bond acceptors (Lipinski definition) is 5. The lowest BCUT2D eigenvalue weighted by atomic mass is 10.2. The zero-order valence-electron chi connectivity index (χ0n) is 9.76. The van der Waals surface area contributed by atoms with E-state index in [2.05, 4.69) is 5.10 Å². The quantitative estimate of drug-likeness (QED) is 0.688. The SMILES string of the molecule is CCn1ncc(N2CCOCC2)c(C=O)c1=O.